The second-order valence-corrected chi connectivity index (χ2v) is 4.89. The molecule has 96 valence electrons. The maximum absolute atomic E-state index is 8.81. The average Bonchev–Trinajstić information content (AvgIpc) is 2.60. The highest BCUT2D eigenvalue weighted by Crippen LogP contribution is 2.19. The molecule has 0 radical (unpaired) electrons. The summed E-state index contributed by atoms with van der Waals surface area (Å²) in [6.45, 7) is 5.49. The second kappa shape index (κ2) is 5.83. The molecule has 1 aliphatic rings. The van der Waals surface area contributed by atoms with E-state index in [1.807, 2.05) is 12.1 Å². The minimum Gasteiger partial charge on any atom is -0.352 e. The molecule has 0 aromatic carbocycles. The van der Waals surface area contributed by atoms with Gasteiger partial charge in [-0.15, -0.1) is 0 Å². The molecule has 1 atom stereocenters. The molecule has 1 aliphatic heterocycles. The first-order chi connectivity index (χ1) is 8.74. The van der Waals surface area contributed by atoms with Gasteiger partial charge in [-0.3, -0.25) is 0 Å². The fourth-order valence-corrected chi connectivity index (χ4v) is 2.52. The van der Waals surface area contributed by atoms with E-state index in [0.717, 1.165) is 38.3 Å². The van der Waals surface area contributed by atoms with Gasteiger partial charge in [-0.25, -0.2) is 4.98 Å². The van der Waals surface area contributed by atoms with Crippen LogP contribution in [0, 0.1) is 11.3 Å². The first kappa shape index (κ1) is 12.8. The number of pyridine rings is 1. The lowest BCUT2D eigenvalue weighted by Crippen LogP contribution is -2.40. The van der Waals surface area contributed by atoms with Gasteiger partial charge in [-0.1, -0.05) is 6.92 Å². The summed E-state index contributed by atoms with van der Waals surface area (Å²) < 4.78 is 0. The topological polar surface area (TPSA) is 43.2 Å². The van der Waals surface area contributed by atoms with Crippen molar-refractivity contribution in [2.75, 3.05) is 31.6 Å². The summed E-state index contributed by atoms with van der Waals surface area (Å²) in [6, 6.07) is 6.44. The van der Waals surface area contributed by atoms with E-state index in [0.29, 0.717) is 11.6 Å². The lowest BCUT2D eigenvalue weighted by Gasteiger charge is -2.31. The molecule has 1 aromatic rings. The Hall–Kier alpha value is -1.60. The summed E-state index contributed by atoms with van der Waals surface area (Å²) in [5.74, 6) is 0.996. The highest BCUT2D eigenvalue weighted by atomic mass is 15.3. The van der Waals surface area contributed by atoms with E-state index in [2.05, 4.69) is 34.8 Å². The highest BCUT2D eigenvalue weighted by molar-refractivity contribution is 5.43. The Bertz CT molecular complexity index is 420. The molecule has 1 unspecified atom stereocenters. The molecule has 4 nitrogen and oxygen atoms in total. The van der Waals surface area contributed by atoms with Gasteiger partial charge in [-0.2, -0.15) is 5.26 Å². The zero-order valence-corrected chi connectivity index (χ0v) is 11.1. The van der Waals surface area contributed by atoms with Crippen molar-refractivity contribution in [2.45, 2.75) is 25.8 Å². The SMILES string of the molecule is CCC1CN(C)CCCN1c1ccc(C#N)cn1. The van der Waals surface area contributed by atoms with Crippen LogP contribution in [0.25, 0.3) is 0 Å². The van der Waals surface area contributed by atoms with Gasteiger partial charge in [0.15, 0.2) is 0 Å². The van der Waals surface area contributed by atoms with Crippen LogP contribution in [0.2, 0.25) is 0 Å². The lowest BCUT2D eigenvalue weighted by atomic mass is 10.2. The van der Waals surface area contributed by atoms with Crippen molar-refractivity contribution in [3.05, 3.63) is 23.9 Å². The lowest BCUT2D eigenvalue weighted by molar-refractivity contribution is 0.327. The number of nitriles is 1. The van der Waals surface area contributed by atoms with Crippen LogP contribution < -0.4 is 4.90 Å². The molecule has 2 rings (SSSR count). The van der Waals surface area contributed by atoms with Gasteiger partial charge in [0, 0.05) is 25.3 Å². The molecule has 0 bridgehead atoms. The van der Waals surface area contributed by atoms with Gasteiger partial charge >= 0.3 is 0 Å². The van der Waals surface area contributed by atoms with Crippen LogP contribution in [-0.2, 0) is 0 Å². The van der Waals surface area contributed by atoms with Crippen LogP contribution in [-0.4, -0.2) is 42.6 Å². The largest absolute Gasteiger partial charge is 0.352 e. The van der Waals surface area contributed by atoms with Crippen molar-refractivity contribution in [2.24, 2.45) is 0 Å². The number of nitrogens with zero attached hydrogens (tertiary/aromatic N) is 4. The van der Waals surface area contributed by atoms with Crippen molar-refractivity contribution in [3.63, 3.8) is 0 Å². The van der Waals surface area contributed by atoms with Crippen LogP contribution in [0.3, 0.4) is 0 Å². The van der Waals surface area contributed by atoms with Gasteiger partial charge in [-0.05, 0) is 38.6 Å². The van der Waals surface area contributed by atoms with E-state index >= 15 is 0 Å². The van der Waals surface area contributed by atoms with Crippen LogP contribution >= 0.6 is 0 Å². The third kappa shape index (κ3) is 2.80. The first-order valence-corrected chi connectivity index (χ1v) is 6.56. The minimum atomic E-state index is 0.512. The molecule has 0 amide bonds. The summed E-state index contributed by atoms with van der Waals surface area (Å²) in [5, 5.41) is 8.81. The monoisotopic (exact) mass is 244 g/mol. The van der Waals surface area contributed by atoms with E-state index in [-0.39, 0.29) is 0 Å². The van der Waals surface area contributed by atoms with Gasteiger partial charge in [0.25, 0.3) is 0 Å². The molecule has 1 fully saturated rings. The quantitative estimate of drug-likeness (QED) is 0.796. The van der Waals surface area contributed by atoms with Crippen LogP contribution in [0.15, 0.2) is 18.3 Å². The summed E-state index contributed by atoms with van der Waals surface area (Å²) in [6.07, 6.45) is 3.94. The fourth-order valence-electron chi connectivity index (χ4n) is 2.52. The molecule has 0 spiro atoms. The molecule has 0 saturated carbocycles. The van der Waals surface area contributed by atoms with E-state index < -0.39 is 0 Å². The Morgan fingerprint density at radius 2 is 2.28 bits per heavy atom. The Morgan fingerprint density at radius 1 is 1.44 bits per heavy atom. The van der Waals surface area contributed by atoms with Crippen LogP contribution in [0.5, 0.6) is 0 Å². The molecular formula is C14H20N4. The third-order valence-electron chi connectivity index (χ3n) is 3.54. The fraction of sp³-hybridized carbons (Fsp3) is 0.571. The van der Waals surface area contributed by atoms with Gasteiger partial charge in [0.2, 0.25) is 0 Å². The van der Waals surface area contributed by atoms with E-state index in [4.69, 9.17) is 5.26 Å². The predicted octanol–water partition coefficient (Wildman–Crippen LogP) is 1.87. The first-order valence-electron chi connectivity index (χ1n) is 6.56. The average molecular weight is 244 g/mol. The number of aromatic nitrogens is 1. The molecule has 4 heteroatoms. The molecule has 1 aromatic heterocycles. The third-order valence-corrected chi connectivity index (χ3v) is 3.54. The Labute approximate surface area is 109 Å². The summed E-state index contributed by atoms with van der Waals surface area (Å²) in [4.78, 5) is 9.19. The van der Waals surface area contributed by atoms with Crippen molar-refractivity contribution in [1.82, 2.24) is 9.88 Å². The van der Waals surface area contributed by atoms with Crippen molar-refractivity contribution >= 4 is 5.82 Å². The standard InChI is InChI=1S/C14H20N4/c1-3-13-11-17(2)7-4-8-18(13)14-6-5-12(9-15)10-16-14/h5-6,10,13H,3-4,7-8,11H2,1-2H3. The Kier molecular flexibility index (Phi) is 4.16. The molecule has 2 heterocycles. The predicted molar refractivity (Wildman–Crippen MR) is 72.5 cm³/mol. The number of likely N-dealkylation sites (N-methyl/N-ethyl adjacent to an activating group) is 1. The zero-order valence-electron chi connectivity index (χ0n) is 11.1. The smallest absolute Gasteiger partial charge is 0.128 e. The van der Waals surface area contributed by atoms with Gasteiger partial charge < -0.3 is 9.80 Å². The van der Waals surface area contributed by atoms with Crippen molar-refractivity contribution in [1.29, 1.82) is 5.26 Å². The summed E-state index contributed by atoms with van der Waals surface area (Å²) in [7, 11) is 2.18. The van der Waals surface area contributed by atoms with Crippen LogP contribution in [0.1, 0.15) is 25.3 Å². The van der Waals surface area contributed by atoms with E-state index in [1.54, 1.807) is 6.20 Å². The van der Waals surface area contributed by atoms with Crippen LogP contribution in [0.4, 0.5) is 5.82 Å². The number of hydrogen-bond donors (Lipinski definition) is 0. The molecule has 0 N–H and O–H groups in total. The second-order valence-electron chi connectivity index (χ2n) is 4.89. The Morgan fingerprint density at radius 3 is 2.89 bits per heavy atom. The van der Waals surface area contributed by atoms with Gasteiger partial charge in [0.05, 0.1) is 5.56 Å². The van der Waals surface area contributed by atoms with Gasteiger partial charge in [0.1, 0.15) is 11.9 Å². The molecule has 1 saturated heterocycles. The normalized spacial score (nSPS) is 21.4. The Balaban J connectivity index is 2.20. The molecular weight excluding hydrogens is 224 g/mol. The minimum absolute atomic E-state index is 0.512. The maximum atomic E-state index is 8.81. The van der Waals surface area contributed by atoms with E-state index in [9.17, 15) is 0 Å². The summed E-state index contributed by atoms with van der Waals surface area (Å²) >= 11 is 0. The maximum Gasteiger partial charge on any atom is 0.128 e. The number of hydrogen-bond acceptors (Lipinski definition) is 4. The number of rotatable bonds is 2. The molecule has 0 aliphatic carbocycles. The summed E-state index contributed by atoms with van der Waals surface area (Å²) in [5.41, 5.74) is 0.624. The number of anilines is 1. The van der Waals surface area contributed by atoms with Crippen molar-refractivity contribution in [3.8, 4) is 6.07 Å². The zero-order chi connectivity index (χ0) is 13.0. The van der Waals surface area contributed by atoms with Crippen molar-refractivity contribution < 1.29 is 0 Å². The van der Waals surface area contributed by atoms with E-state index in [1.165, 1.54) is 0 Å². The highest BCUT2D eigenvalue weighted by Gasteiger charge is 2.22. The molecule has 18 heavy (non-hydrogen) atoms.